The molecule has 1 unspecified atom stereocenters. The molecule has 2 rings (SSSR count). The first-order chi connectivity index (χ1) is 18.2. The van der Waals surface area contributed by atoms with Gasteiger partial charge in [0.2, 0.25) is 0 Å². The molecule has 4 nitrogen and oxygen atoms in total. The minimum atomic E-state index is -3.99. The first kappa shape index (κ1) is 6.84. The Bertz CT molecular complexity index is 1260. The number of ether oxygens (including phenoxy) is 3. The molecule has 0 fully saturated rings. The fourth-order valence-corrected chi connectivity index (χ4v) is 1.71. The van der Waals surface area contributed by atoms with E-state index in [1.54, 1.807) is 0 Å². The molecule has 0 aliphatic heterocycles. The quantitative estimate of drug-likeness (QED) is 0.691. The summed E-state index contributed by atoms with van der Waals surface area (Å²) in [7, 11) is -1.81. The summed E-state index contributed by atoms with van der Waals surface area (Å²) in [6.07, 6.45) is -15.7. The third kappa shape index (κ3) is 6.31. The highest BCUT2D eigenvalue weighted by atomic mass is 16.5. The maximum absolute atomic E-state index is 10.7. The van der Waals surface area contributed by atoms with E-state index < -0.39 is 86.4 Å². The third-order valence-electron chi connectivity index (χ3n) is 2.83. The van der Waals surface area contributed by atoms with Crippen molar-refractivity contribution in [2.75, 3.05) is 20.7 Å². The largest absolute Gasteiger partial charge is 0.493 e. The summed E-state index contributed by atoms with van der Waals surface area (Å²) in [5.41, 5.74) is -0.725. The van der Waals surface area contributed by atoms with Crippen molar-refractivity contribution in [2.24, 2.45) is 0 Å². The number of benzene rings is 2. The van der Waals surface area contributed by atoms with Gasteiger partial charge in [-0.3, -0.25) is 0 Å². The average Bonchev–Trinajstić information content (AvgIpc) is 2.82. The first-order valence-corrected chi connectivity index (χ1v) is 7.10. The molecule has 0 aromatic heterocycles. The lowest BCUT2D eigenvalue weighted by atomic mass is 10.0. The Hall–Kier alpha value is -2.20. The van der Waals surface area contributed by atoms with Gasteiger partial charge in [0, 0.05) is 8.22 Å². The average molecular weight is 361 g/mol. The number of methoxy groups -OCH3 is 2. The fourth-order valence-electron chi connectivity index (χ4n) is 1.71. The van der Waals surface area contributed by atoms with Crippen LogP contribution in [0.4, 0.5) is 0 Å². The molecule has 0 spiro atoms. The highest BCUT2D eigenvalue weighted by Crippen LogP contribution is 2.28. The maximum Gasteiger partial charge on any atom is 0.160 e. The number of aliphatic hydroxyl groups is 1. The van der Waals surface area contributed by atoms with E-state index in [1.165, 1.54) is 14.0 Å². The standard InChI is InChI=1S/C21H28O4/c1-16-7-6-10-19(13-16)25-15-18(22)9-5-4-8-17-11-12-20(23-2)21(14-17)24-3/h6-7,10-14,18,22H,4-5,8-9,15H2,1-3H3/i3D3,4D2,6D,7D,8D2,9D2,10D,13D,15D2,18D. The van der Waals surface area contributed by atoms with Crippen molar-refractivity contribution in [3.8, 4) is 17.2 Å². The molecular weight excluding hydrogens is 316 g/mol. The van der Waals surface area contributed by atoms with E-state index in [-0.39, 0.29) is 11.3 Å². The lowest BCUT2D eigenvalue weighted by Crippen LogP contribution is -2.17. The molecule has 4 heteroatoms. The van der Waals surface area contributed by atoms with Crippen LogP contribution >= 0.6 is 0 Å². The van der Waals surface area contributed by atoms with Crippen molar-refractivity contribution >= 4 is 0 Å². The van der Waals surface area contributed by atoms with E-state index in [0.717, 1.165) is 18.2 Å². The Morgan fingerprint density at radius 3 is 3.00 bits per heavy atom. The summed E-state index contributed by atoms with van der Waals surface area (Å²) in [4.78, 5) is 0. The Morgan fingerprint density at radius 2 is 2.20 bits per heavy atom. The highest BCUT2D eigenvalue weighted by Gasteiger charge is 2.07. The predicted octanol–water partition coefficient (Wildman–Crippen LogP) is 4.16. The van der Waals surface area contributed by atoms with Gasteiger partial charge in [-0.15, -0.1) is 0 Å². The van der Waals surface area contributed by atoms with Crippen LogP contribution in [0.25, 0.3) is 0 Å². The van der Waals surface area contributed by atoms with Gasteiger partial charge in [0.15, 0.2) is 11.5 Å². The second kappa shape index (κ2) is 9.94. The Kier molecular flexibility index (Phi) is 2.72. The van der Waals surface area contributed by atoms with Crippen LogP contribution in [-0.4, -0.2) is 31.9 Å². The molecule has 0 saturated carbocycles. The molecule has 0 bridgehead atoms. The normalized spacial score (nSPS) is 25.2. The summed E-state index contributed by atoms with van der Waals surface area (Å²) in [5, 5.41) is 10.7. The monoisotopic (exact) mass is 360 g/mol. The van der Waals surface area contributed by atoms with Gasteiger partial charge in [-0.25, -0.2) is 0 Å². The zero-order chi connectivity index (χ0) is 32.1. The molecule has 0 radical (unpaired) electrons. The lowest BCUT2D eigenvalue weighted by Gasteiger charge is -2.13. The van der Waals surface area contributed by atoms with Crippen LogP contribution in [0.5, 0.6) is 17.2 Å². The van der Waals surface area contributed by atoms with E-state index in [9.17, 15) is 5.11 Å². The van der Waals surface area contributed by atoms with Crippen LogP contribution < -0.4 is 14.2 Å². The molecule has 0 aliphatic rings. The van der Waals surface area contributed by atoms with Gasteiger partial charge in [-0.1, -0.05) is 24.6 Å². The molecule has 136 valence electrons. The molecule has 0 amide bonds. The number of hydrogen-bond acceptors (Lipinski definition) is 4. The summed E-state index contributed by atoms with van der Waals surface area (Å²) in [6.45, 7) is -2.59. The van der Waals surface area contributed by atoms with Crippen molar-refractivity contribution < 1.29 is 41.2 Å². The Morgan fingerprint density at radius 1 is 1.32 bits per heavy atom. The van der Waals surface area contributed by atoms with Crippen LogP contribution in [0, 0.1) is 6.92 Å². The Labute approximate surface area is 172 Å². The summed E-state index contributed by atoms with van der Waals surface area (Å²) >= 11 is 0. The van der Waals surface area contributed by atoms with Gasteiger partial charge in [-0.05, 0) is 61.4 Å². The van der Waals surface area contributed by atoms with E-state index in [2.05, 4.69) is 0 Å². The van der Waals surface area contributed by atoms with E-state index in [1.807, 2.05) is 0 Å². The minimum absolute atomic E-state index is 0.130. The predicted molar refractivity (Wildman–Crippen MR) is 99.8 cm³/mol. The molecule has 1 N–H and O–H groups in total. The van der Waals surface area contributed by atoms with E-state index in [0.29, 0.717) is 0 Å². The molecule has 2 aromatic carbocycles. The third-order valence-corrected chi connectivity index (χ3v) is 2.83. The Balaban J connectivity index is 2.49. The van der Waals surface area contributed by atoms with Crippen molar-refractivity contribution in [3.05, 3.63) is 53.5 Å². The van der Waals surface area contributed by atoms with Crippen LogP contribution in [0.3, 0.4) is 0 Å². The van der Waals surface area contributed by atoms with Crippen molar-refractivity contribution in [3.63, 3.8) is 0 Å². The topological polar surface area (TPSA) is 47.9 Å². The van der Waals surface area contributed by atoms with Gasteiger partial charge >= 0.3 is 0 Å². The van der Waals surface area contributed by atoms with Gasteiger partial charge in [-0.2, -0.15) is 0 Å². The summed E-state index contributed by atoms with van der Waals surface area (Å²) < 4.78 is 142. The second-order valence-electron chi connectivity index (χ2n) is 4.63. The van der Waals surface area contributed by atoms with Crippen LogP contribution in [0.1, 0.15) is 52.2 Å². The van der Waals surface area contributed by atoms with E-state index in [4.69, 9.17) is 36.1 Å². The van der Waals surface area contributed by atoms with Crippen LogP contribution in [0.15, 0.2) is 42.4 Å². The van der Waals surface area contributed by atoms with Crippen molar-refractivity contribution in [1.29, 1.82) is 0 Å². The fraction of sp³-hybridized carbons (Fsp3) is 0.429. The minimum Gasteiger partial charge on any atom is -0.493 e. The first-order valence-electron chi connectivity index (χ1n) is 15.1. The lowest BCUT2D eigenvalue weighted by molar-refractivity contribution is 0.0976. The van der Waals surface area contributed by atoms with Gasteiger partial charge in [0.1, 0.15) is 12.3 Å². The SMILES string of the molecule is [2H]c1c([2H])c(C)c([2H])c(OC([2H])([2H])C([2H])(O)C([2H])([2H])CC([2H])([2H])C([2H])([2H])c2ccc(OC)c(OC([2H])([2H])[2H])c2)c1[2H]. The zero-order valence-electron chi connectivity index (χ0n) is 29.6. The second-order valence-corrected chi connectivity index (χ2v) is 4.63. The molecule has 25 heavy (non-hydrogen) atoms. The van der Waals surface area contributed by atoms with Crippen molar-refractivity contribution in [1.82, 2.24) is 0 Å². The van der Waals surface area contributed by atoms with Gasteiger partial charge in [0.05, 0.1) is 33.9 Å². The molecule has 1 atom stereocenters. The van der Waals surface area contributed by atoms with Crippen LogP contribution in [-0.2, 0) is 6.37 Å². The van der Waals surface area contributed by atoms with Gasteiger partial charge < -0.3 is 19.3 Å². The molecule has 2 aromatic rings. The molecular formula is C21H28O4. The molecule has 0 aliphatic carbocycles. The highest BCUT2D eigenvalue weighted by molar-refractivity contribution is 5.42. The summed E-state index contributed by atoms with van der Waals surface area (Å²) in [5.74, 6) is -1.57. The van der Waals surface area contributed by atoms with Crippen molar-refractivity contribution in [2.45, 2.75) is 38.5 Å². The maximum atomic E-state index is 10.7. The molecule has 0 saturated heterocycles. The van der Waals surface area contributed by atoms with E-state index >= 15 is 0 Å². The number of rotatable bonds is 10. The molecule has 0 heterocycles. The number of aryl methyl sites for hydroxylation is 1. The van der Waals surface area contributed by atoms with Gasteiger partial charge in [0.25, 0.3) is 0 Å². The van der Waals surface area contributed by atoms with Crippen LogP contribution in [0.2, 0.25) is 0 Å². The summed E-state index contributed by atoms with van der Waals surface area (Å²) in [6, 6.07) is 0.00203. The number of hydrogen-bond donors (Lipinski definition) is 1. The zero-order valence-corrected chi connectivity index (χ0v) is 13.6. The smallest absolute Gasteiger partial charge is 0.160 e.